The number of rotatable bonds is 6. The van der Waals surface area contributed by atoms with Crippen molar-refractivity contribution in [1.29, 1.82) is 0 Å². The Morgan fingerprint density at radius 2 is 1.96 bits per heavy atom. The van der Waals surface area contributed by atoms with E-state index in [1.165, 1.54) is 0 Å². The molecule has 2 heterocycles. The van der Waals surface area contributed by atoms with Gasteiger partial charge in [0.25, 0.3) is 0 Å². The summed E-state index contributed by atoms with van der Waals surface area (Å²) in [5, 5.41) is 2.91. The average molecular weight is 354 g/mol. The van der Waals surface area contributed by atoms with Crippen LogP contribution in [0.5, 0.6) is 0 Å². The molecule has 0 aromatic heterocycles. The molecule has 1 N–H and O–H groups in total. The van der Waals surface area contributed by atoms with Crippen molar-refractivity contribution in [1.82, 2.24) is 20.0 Å². The molecule has 2 aliphatic rings. The molecule has 0 bridgehead atoms. The Balaban J connectivity index is 1.79. The Labute approximate surface area is 149 Å². The van der Waals surface area contributed by atoms with E-state index in [1.54, 1.807) is 11.8 Å². The second kappa shape index (κ2) is 9.03. The molecule has 1 unspecified atom stereocenters. The maximum absolute atomic E-state index is 12.3. The van der Waals surface area contributed by atoms with Crippen LogP contribution in [0.25, 0.3) is 0 Å². The lowest BCUT2D eigenvalue weighted by Crippen LogP contribution is -2.47. The third-order valence-corrected chi connectivity index (χ3v) is 4.82. The van der Waals surface area contributed by atoms with E-state index in [4.69, 9.17) is 4.74 Å². The first-order valence-corrected chi connectivity index (χ1v) is 9.06. The van der Waals surface area contributed by atoms with E-state index in [0.717, 1.165) is 19.4 Å². The summed E-state index contributed by atoms with van der Waals surface area (Å²) in [6, 6.07) is 0.109. The SMILES string of the molecule is CCOC(=O)N1CCC(N2CC(C(=O)NCCN(C)C)CC2=O)CC1. The second-order valence-corrected chi connectivity index (χ2v) is 6.96. The Hall–Kier alpha value is -1.83. The smallest absolute Gasteiger partial charge is 0.409 e. The lowest BCUT2D eigenvalue weighted by Gasteiger charge is -2.36. The number of ether oxygens (including phenoxy) is 1. The van der Waals surface area contributed by atoms with Crippen LogP contribution in [0.1, 0.15) is 26.2 Å². The maximum Gasteiger partial charge on any atom is 0.409 e. The third-order valence-electron chi connectivity index (χ3n) is 4.82. The summed E-state index contributed by atoms with van der Waals surface area (Å²) in [6.45, 7) is 5.19. The molecule has 0 saturated carbocycles. The highest BCUT2D eigenvalue weighted by molar-refractivity contribution is 5.89. The molecule has 142 valence electrons. The van der Waals surface area contributed by atoms with E-state index in [-0.39, 0.29) is 36.3 Å². The van der Waals surface area contributed by atoms with E-state index in [9.17, 15) is 14.4 Å². The van der Waals surface area contributed by atoms with Gasteiger partial charge < -0.3 is 24.8 Å². The number of hydrogen-bond donors (Lipinski definition) is 1. The predicted molar refractivity (Wildman–Crippen MR) is 93.0 cm³/mol. The van der Waals surface area contributed by atoms with Crippen molar-refractivity contribution in [2.45, 2.75) is 32.2 Å². The van der Waals surface area contributed by atoms with E-state index in [2.05, 4.69) is 5.32 Å². The Morgan fingerprint density at radius 3 is 2.56 bits per heavy atom. The van der Waals surface area contributed by atoms with Crippen LogP contribution >= 0.6 is 0 Å². The summed E-state index contributed by atoms with van der Waals surface area (Å²) in [5.41, 5.74) is 0. The molecule has 8 nitrogen and oxygen atoms in total. The van der Waals surface area contributed by atoms with Crippen LogP contribution in [0.2, 0.25) is 0 Å². The van der Waals surface area contributed by atoms with Crippen LogP contribution in [-0.4, -0.2) is 92.1 Å². The molecule has 2 rings (SSSR count). The maximum atomic E-state index is 12.3. The highest BCUT2D eigenvalue weighted by Gasteiger charge is 2.39. The van der Waals surface area contributed by atoms with Gasteiger partial charge in [0.05, 0.1) is 12.5 Å². The molecular weight excluding hydrogens is 324 g/mol. The Kier molecular flexibility index (Phi) is 7.04. The van der Waals surface area contributed by atoms with Crippen molar-refractivity contribution >= 4 is 17.9 Å². The van der Waals surface area contributed by atoms with E-state index < -0.39 is 0 Å². The largest absolute Gasteiger partial charge is 0.450 e. The van der Waals surface area contributed by atoms with Gasteiger partial charge in [0.2, 0.25) is 11.8 Å². The van der Waals surface area contributed by atoms with Gasteiger partial charge in [-0.1, -0.05) is 0 Å². The summed E-state index contributed by atoms with van der Waals surface area (Å²) < 4.78 is 5.02. The highest BCUT2D eigenvalue weighted by atomic mass is 16.6. The van der Waals surface area contributed by atoms with Gasteiger partial charge in [-0.25, -0.2) is 4.79 Å². The molecule has 2 saturated heterocycles. The molecule has 25 heavy (non-hydrogen) atoms. The van der Waals surface area contributed by atoms with Crippen LogP contribution in [0.15, 0.2) is 0 Å². The molecule has 2 aliphatic heterocycles. The first-order chi connectivity index (χ1) is 11.9. The fourth-order valence-electron chi connectivity index (χ4n) is 3.38. The van der Waals surface area contributed by atoms with Gasteiger partial charge >= 0.3 is 6.09 Å². The minimum Gasteiger partial charge on any atom is -0.450 e. The number of carbonyl (C=O) groups excluding carboxylic acids is 3. The Bertz CT molecular complexity index is 489. The summed E-state index contributed by atoms with van der Waals surface area (Å²) in [6.07, 6.45) is 1.47. The number of nitrogens with zero attached hydrogens (tertiary/aromatic N) is 3. The third kappa shape index (κ3) is 5.32. The lowest BCUT2D eigenvalue weighted by molar-refractivity contribution is -0.131. The monoisotopic (exact) mass is 354 g/mol. The molecule has 0 spiro atoms. The zero-order valence-electron chi connectivity index (χ0n) is 15.5. The normalized spacial score (nSPS) is 21.8. The van der Waals surface area contributed by atoms with Gasteiger partial charge in [0.15, 0.2) is 0 Å². The zero-order valence-corrected chi connectivity index (χ0v) is 15.5. The predicted octanol–water partition coefficient (Wildman–Crippen LogP) is 0.134. The van der Waals surface area contributed by atoms with Gasteiger partial charge in [-0.15, -0.1) is 0 Å². The van der Waals surface area contributed by atoms with Crippen molar-refractivity contribution in [3.63, 3.8) is 0 Å². The molecule has 0 aromatic rings. The fraction of sp³-hybridized carbons (Fsp3) is 0.824. The quantitative estimate of drug-likeness (QED) is 0.733. The van der Waals surface area contributed by atoms with Gasteiger partial charge in [-0.2, -0.15) is 0 Å². The molecule has 3 amide bonds. The summed E-state index contributed by atoms with van der Waals surface area (Å²) in [5.74, 6) is -0.262. The second-order valence-electron chi connectivity index (χ2n) is 6.96. The van der Waals surface area contributed by atoms with Crippen molar-refractivity contribution in [2.75, 3.05) is 53.4 Å². The number of carbonyl (C=O) groups is 3. The highest BCUT2D eigenvalue weighted by Crippen LogP contribution is 2.26. The van der Waals surface area contributed by atoms with Gasteiger partial charge in [0, 0.05) is 45.2 Å². The summed E-state index contributed by atoms with van der Waals surface area (Å²) in [4.78, 5) is 41.8. The van der Waals surface area contributed by atoms with Crippen molar-refractivity contribution in [3.05, 3.63) is 0 Å². The van der Waals surface area contributed by atoms with E-state index in [1.807, 2.05) is 23.9 Å². The van der Waals surface area contributed by atoms with Crippen molar-refractivity contribution < 1.29 is 19.1 Å². The number of likely N-dealkylation sites (tertiary alicyclic amines) is 2. The summed E-state index contributed by atoms with van der Waals surface area (Å²) >= 11 is 0. The number of nitrogens with one attached hydrogen (secondary N) is 1. The van der Waals surface area contributed by atoms with Crippen LogP contribution in [0.4, 0.5) is 4.79 Å². The molecule has 1 atom stereocenters. The van der Waals surface area contributed by atoms with E-state index in [0.29, 0.717) is 32.8 Å². The lowest BCUT2D eigenvalue weighted by atomic mass is 10.0. The molecule has 0 aromatic carbocycles. The number of likely N-dealkylation sites (N-methyl/N-ethyl adjacent to an activating group) is 1. The zero-order chi connectivity index (χ0) is 18.4. The number of hydrogen-bond acceptors (Lipinski definition) is 5. The molecule has 2 fully saturated rings. The van der Waals surface area contributed by atoms with E-state index >= 15 is 0 Å². The Morgan fingerprint density at radius 1 is 1.28 bits per heavy atom. The van der Waals surface area contributed by atoms with Crippen LogP contribution in [-0.2, 0) is 14.3 Å². The molecule has 0 radical (unpaired) electrons. The molecule has 0 aliphatic carbocycles. The van der Waals surface area contributed by atoms with Crippen LogP contribution < -0.4 is 5.32 Å². The molecular formula is C17H30N4O4. The van der Waals surface area contributed by atoms with Crippen molar-refractivity contribution in [3.8, 4) is 0 Å². The van der Waals surface area contributed by atoms with Crippen molar-refractivity contribution in [2.24, 2.45) is 5.92 Å². The minimum atomic E-state index is -0.285. The number of piperidine rings is 1. The fourth-order valence-corrected chi connectivity index (χ4v) is 3.38. The molecule has 8 heteroatoms. The van der Waals surface area contributed by atoms with Crippen LogP contribution in [0.3, 0.4) is 0 Å². The standard InChI is InChI=1S/C17H30N4O4/c1-4-25-17(24)20-8-5-14(6-9-20)21-12-13(11-15(21)22)16(23)18-7-10-19(2)3/h13-14H,4-12H2,1-3H3,(H,18,23). The summed E-state index contributed by atoms with van der Waals surface area (Å²) in [7, 11) is 3.91. The number of amides is 3. The minimum absolute atomic E-state index is 0.0401. The van der Waals surface area contributed by atoms with Gasteiger partial charge in [0.1, 0.15) is 0 Å². The average Bonchev–Trinajstić information content (AvgIpc) is 2.97. The first kappa shape index (κ1) is 19.5. The van der Waals surface area contributed by atoms with Crippen LogP contribution in [0, 0.1) is 5.92 Å². The first-order valence-electron chi connectivity index (χ1n) is 9.06. The van der Waals surface area contributed by atoms with Gasteiger partial charge in [-0.3, -0.25) is 9.59 Å². The topological polar surface area (TPSA) is 82.2 Å². The van der Waals surface area contributed by atoms with Gasteiger partial charge in [-0.05, 0) is 33.9 Å².